The molecule has 3 N–H and O–H groups in total. The van der Waals surface area contributed by atoms with Crippen LogP contribution in [0.4, 0.5) is 0 Å². The first-order valence-electron chi connectivity index (χ1n) is 6.47. The van der Waals surface area contributed by atoms with Crippen LogP contribution in [0.3, 0.4) is 0 Å². The molecule has 0 amide bonds. The number of aliphatic imine (C=N–C) groups is 1. The zero-order valence-corrected chi connectivity index (χ0v) is 14.4. The van der Waals surface area contributed by atoms with Gasteiger partial charge < -0.3 is 11.1 Å². The zero-order valence-electron chi connectivity index (χ0n) is 11.3. The molecule has 0 aromatic heterocycles. The maximum Gasteiger partial charge on any atom is 0.189 e. The van der Waals surface area contributed by atoms with Gasteiger partial charge in [0.15, 0.2) is 5.96 Å². The van der Waals surface area contributed by atoms with E-state index in [1.54, 1.807) is 11.8 Å². The first kappa shape index (κ1) is 16.6. The molecule has 1 aromatic carbocycles. The molecule has 1 saturated carbocycles. The molecule has 19 heavy (non-hydrogen) atoms. The number of nitrogens with zero attached hydrogens (tertiary/aromatic N) is 1. The number of guanidine groups is 1. The molecule has 1 aliphatic carbocycles. The molecule has 0 saturated heterocycles. The van der Waals surface area contributed by atoms with Gasteiger partial charge in [0, 0.05) is 10.9 Å². The maximum atomic E-state index is 5.89. The summed E-state index contributed by atoms with van der Waals surface area (Å²) in [5.41, 5.74) is 7.09. The lowest BCUT2D eigenvalue weighted by Crippen LogP contribution is -2.38. The molecule has 0 heterocycles. The minimum atomic E-state index is 0. The molecule has 0 bridgehead atoms. The van der Waals surface area contributed by atoms with Crippen LogP contribution in [0.2, 0.25) is 0 Å². The second kappa shape index (κ2) is 8.68. The topological polar surface area (TPSA) is 50.4 Å². The van der Waals surface area contributed by atoms with Crippen molar-refractivity contribution in [2.45, 2.75) is 43.2 Å². The van der Waals surface area contributed by atoms with Gasteiger partial charge in [0.05, 0.1) is 6.54 Å². The van der Waals surface area contributed by atoms with Crippen molar-refractivity contribution in [1.82, 2.24) is 5.32 Å². The molecular weight excluding hydrogens is 369 g/mol. The van der Waals surface area contributed by atoms with Crippen LogP contribution < -0.4 is 11.1 Å². The molecule has 2 rings (SSSR count). The summed E-state index contributed by atoms with van der Waals surface area (Å²) in [6.45, 7) is 0.653. The van der Waals surface area contributed by atoms with Gasteiger partial charge >= 0.3 is 0 Å². The van der Waals surface area contributed by atoms with E-state index in [-0.39, 0.29) is 24.0 Å². The number of halogens is 1. The van der Waals surface area contributed by atoms with Gasteiger partial charge in [-0.2, -0.15) is 0 Å². The monoisotopic (exact) mass is 391 g/mol. The number of nitrogens with two attached hydrogens (primary N) is 1. The molecule has 0 spiro atoms. The van der Waals surface area contributed by atoms with Crippen molar-refractivity contribution >= 4 is 41.7 Å². The van der Waals surface area contributed by atoms with Gasteiger partial charge in [-0.1, -0.05) is 25.0 Å². The molecule has 5 heteroatoms. The lowest BCUT2D eigenvalue weighted by Gasteiger charge is -2.12. The van der Waals surface area contributed by atoms with Gasteiger partial charge in [-0.15, -0.1) is 35.7 Å². The summed E-state index contributed by atoms with van der Waals surface area (Å²) in [5, 5.41) is 3.30. The Labute approximate surface area is 136 Å². The number of benzene rings is 1. The van der Waals surface area contributed by atoms with Crippen molar-refractivity contribution in [3.05, 3.63) is 29.8 Å². The fourth-order valence-electron chi connectivity index (χ4n) is 2.23. The lowest BCUT2D eigenvalue weighted by atomic mass is 10.2. The Morgan fingerprint density at radius 1 is 1.32 bits per heavy atom. The van der Waals surface area contributed by atoms with Crippen LogP contribution in [0.1, 0.15) is 31.2 Å². The van der Waals surface area contributed by atoms with Crippen molar-refractivity contribution in [1.29, 1.82) is 0 Å². The number of hydrogen-bond donors (Lipinski definition) is 2. The summed E-state index contributed by atoms with van der Waals surface area (Å²) in [4.78, 5) is 5.67. The zero-order chi connectivity index (χ0) is 12.8. The lowest BCUT2D eigenvalue weighted by molar-refractivity contribution is 0.625. The van der Waals surface area contributed by atoms with Gasteiger partial charge in [-0.05, 0) is 36.8 Å². The second-order valence-corrected chi connectivity index (χ2v) is 5.55. The van der Waals surface area contributed by atoms with Crippen molar-refractivity contribution in [3.63, 3.8) is 0 Å². The van der Waals surface area contributed by atoms with Crippen molar-refractivity contribution < 1.29 is 0 Å². The largest absolute Gasteiger partial charge is 0.370 e. The first-order chi connectivity index (χ1) is 8.78. The minimum Gasteiger partial charge on any atom is -0.370 e. The molecule has 0 atom stereocenters. The van der Waals surface area contributed by atoms with Crippen LogP contribution in [0.15, 0.2) is 34.2 Å². The van der Waals surface area contributed by atoms with Crippen LogP contribution in [0.5, 0.6) is 0 Å². The Morgan fingerprint density at radius 2 is 1.95 bits per heavy atom. The average Bonchev–Trinajstić information content (AvgIpc) is 2.90. The number of hydrogen-bond acceptors (Lipinski definition) is 2. The highest BCUT2D eigenvalue weighted by Crippen LogP contribution is 2.17. The smallest absolute Gasteiger partial charge is 0.189 e. The first-order valence-corrected chi connectivity index (χ1v) is 7.70. The Morgan fingerprint density at radius 3 is 2.53 bits per heavy atom. The molecule has 1 aliphatic rings. The van der Waals surface area contributed by atoms with E-state index >= 15 is 0 Å². The molecular formula is C14H22IN3S. The highest BCUT2D eigenvalue weighted by atomic mass is 127. The summed E-state index contributed by atoms with van der Waals surface area (Å²) in [6, 6.07) is 9.00. The van der Waals surface area contributed by atoms with E-state index in [0.717, 1.165) is 0 Å². The molecule has 1 aromatic rings. The van der Waals surface area contributed by atoms with Crippen molar-refractivity contribution in [2.24, 2.45) is 10.7 Å². The van der Waals surface area contributed by atoms with E-state index in [9.17, 15) is 0 Å². The average molecular weight is 391 g/mol. The van der Waals surface area contributed by atoms with Crippen LogP contribution in [0.25, 0.3) is 0 Å². The summed E-state index contributed by atoms with van der Waals surface area (Å²) in [6.07, 6.45) is 7.14. The molecule has 0 unspecified atom stereocenters. The van der Waals surface area contributed by atoms with Crippen LogP contribution in [0, 0.1) is 0 Å². The van der Waals surface area contributed by atoms with Gasteiger partial charge in [0.1, 0.15) is 0 Å². The van der Waals surface area contributed by atoms with E-state index in [4.69, 9.17) is 5.73 Å². The second-order valence-electron chi connectivity index (χ2n) is 4.68. The molecule has 1 fully saturated rings. The Bertz CT molecular complexity index is 400. The van der Waals surface area contributed by atoms with Crippen molar-refractivity contribution in [3.8, 4) is 0 Å². The summed E-state index contributed by atoms with van der Waals surface area (Å²) >= 11 is 1.75. The van der Waals surface area contributed by atoms with Crippen LogP contribution >= 0.6 is 35.7 Å². The van der Waals surface area contributed by atoms with Gasteiger partial charge in [-0.25, -0.2) is 4.99 Å². The highest BCUT2D eigenvalue weighted by molar-refractivity contribution is 14.0. The molecule has 0 radical (unpaired) electrons. The number of thioether (sulfide) groups is 1. The quantitative estimate of drug-likeness (QED) is 0.358. The third-order valence-corrected chi connectivity index (χ3v) is 4.04. The summed E-state index contributed by atoms with van der Waals surface area (Å²) in [5.74, 6) is 0.579. The number of nitrogens with one attached hydrogen (secondary N) is 1. The fraction of sp³-hybridized carbons (Fsp3) is 0.500. The Hall–Kier alpha value is -0.430. The summed E-state index contributed by atoms with van der Waals surface area (Å²) in [7, 11) is 0. The third-order valence-electron chi connectivity index (χ3n) is 3.30. The Balaban J connectivity index is 0.00000180. The van der Waals surface area contributed by atoms with Gasteiger partial charge in [0.2, 0.25) is 0 Å². The standard InChI is InChI=1S/C14H21N3S.HI/c1-18-13-8-6-11(7-9-13)10-16-14(15)17-12-4-2-3-5-12;/h6-9,12H,2-5,10H2,1H3,(H3,15,16,17);1H. The van der Waals surface area contributed by atoms with E-state index in [0.29, 0.717) is 18.5 Å². The van der Waals surface area contributed by atoms with E-state index in [1.807, 2.05) is 0 Å². The fourth-order valence-corrected chi connectivity index (χ4v) is 2.64. The maximum absolute atomic E-state index is 5.89. The molecule has 0 aliphatic heterocycles. The number of rotatable bonds is 4. The van der Waals surface area contributed by atoms with Crippen LogP contribution in [-0.4, -0.2) is 18.3 Å². The minimum absolute atomic E-state index is 0. The van der Waals surface area contributed by atoms with E-state index in [2.05, 4.69) is 40.8 Å². The van der Waals surface area contributed by atoms with E-state index in [1.165, 1.54) is 36.1 Å². The summed E-state index contributed by atoms with van der Waals surface area (Å²) < 4.78 is 0. The highest BCUT2D eigenvalue weighted by Gasteiger charge is 2.14. The van der Waals surface area contributed by atoms with Gasteiger partial charge in [-0.3, -0.25) is 0 Å². The SMILES string of the molecule is CSc1ccc(CN=C(N)NC2CCCC2)cc1.I. The van der Waals surface area contributed by atoms with Gasteiger partial charge in [0.25, 0.3) is 0 Å². The predicted octanol–water partition coefficient (Wildman–Crippen LogP) is 3.37. The normalized spacial score (nSPS) is 16.2. The predicted molar refractivity (Wildman–Crippen MR) is 94.4 cm³/mol. The Kier molecular flexibility index (Phi) is 7.60. The van der Waals surface area contributed by atoms with Crippen molar-refractivity contribution in [2.75, 3.05) is 6.26 Å². The third kappa shape index (κ3) is 5.60. The molecule has 3 nitrogen and oxygen atoms in total. The molecule has 106 valence electrons. The van der Waals surface area contributed by atoms with Crippen LogP contribution in [-0.2, 0) is 6.54 Å². The van der Waals surface area contributed by atoms with E-state index < -0.39 is 0 Å².